The van der Waals surface area contributed by atoms with Crippen molar-refractivity contribution >= 4 is 29.2 Å². The minimum Gasteiger partial charge on any atom is -0.479 e. The molecule has 1 saturated heterocycles. The van der Waals surface area contributed by atoms with E-state index >= 15 is 0 Å². The molecule has 1 aromatic heterocycles. The number of carboxylic acid groups (broad SMARTS) is 1. The third-order valence-electron chi connectivity index (χ3n) is 5.07. The average molecular weight is 476 g/mol. The summed E-state index contributed by atoms with van der Waals surface area (Å²) < 4.78 is 12.5. The summed E-state index contributed by atoms with van der Waals surface area (Å²) in [6.45, 7) is 2.13. The number of hydrogen-bond donors (Lipinski definition) is 4. The van der Waals surface area contributed by atoms with Gasteiger partial charge in [0, 0.05) is 22.5 Å². The van der Waals surface area contributed by atoms with Crippen LogP contribution in [0.15, 0.2) is 30.9 Å². The van der Waals surface area contributed by atoms with E-state index in [1.807, 2.05) is 0 Å². The number of aliphatic hydroxyl groups is 3. The first-order chi connectivity index (χ1) is 14.7. The Bertz CT molecular complexity index is 885. The predicted octanol–water partition coefficient (Wildman–Crippen LogP) is 1.06. The fourth-order valence-electron chi connectivity index (χ4n) is 3.53. The molecule has 0 radical (unpaired) electrons. The molecule has 1 fully saturated rings. The molecule has 0 spiro atoms. The van der Waals surface area contributed by atoms with Gasteiger partial charge in [0.1, 0.15) is 31.0 Å². The van der Waals surface area contributed by atoms with Gasteiger partial charge >= 0.3 is 5.97 Å². The van der Waals surface area contributed by atoms with Crippen molar-refractivity contribution in [2.24, 2.45) is 0 Å². The normalized spacial score (nSPS) is 28.3. The van der Waals surface area contributed by atoms with Gasteiger partial charge < -0.3 is 29.9 Å². The fourth-order valence-corrected chi connectivity index (χ4v) is 4.10. The maximum Gasteiger partial charge on any atom is 0.335 e. The molecule has 2 heterocycles. The molecule has 170 valence electrons. The molecular formula is C19H23Cl2N3O7. The van der Waals surface area contributed by atoms with E-state index in [0.717, 1.165) is 5.56 Å². The summed E-state index contributed by atoms with van der Waals surface area (Å²) in [5.74, 6) is -1.68. The first kappa shape index (κ1) is 23.9. The van der Waals surface area contributed by atoms with Gasteiger partial charge in [-0.05, 0) is 31.0 Å². The van der Waals surface area contributed by atoms with Crippen molar-refractivity contribution in [2.75, 3.05) is 0 Å². The monoisotopic (exact) mass is 475 g/mol. The van der Waals surface area contributed by atoms with Gasteiger partial charge in [-0.2, -0.15) is 5.10 Å². The second-order valence-electron chi connectivity index (χ2n) is 7.40. The van der Waals surface area contributed by atoms with Crippen LogP contribution in [0.1, 0.15) is 24.8 Å². The van der Waals surface area contributed by atoms with E-state index in [1.165, 1.54) is 6.33 Å². The predicted molar refractivity (Wildman–Crippen MR) is 109 cm³/mol. The highest BCUT2D eigenvalue weighted by Gasteiger charge is 2.48. The van der Waals surface area contributed by atoms with Crippen LogP contribution in [0.25, 0.3) is 0 Å². The third-order valence-corrected chi connectivity index (χ3v) is 5.63. The summed E-state index contributed by atoms with van der Waals surface area (Å²) >= 11 is 12.4. The lowest BCUT2D eigenvalue weighted by atomic mass is 9.93. The minimum absolute atomic E-state index is 0.201. The highest BCUT2D eigenvalue weighted by molar-refractivity contribution is 6.35. The Hall–Kier alpha value is -1.79. The average Bonchev–Trinajstić information content (AvgIpc) is 3.21. The fraction of sp³-hybridized carbons (Fsp3) is 0.526. The van der Waals surface area contributed by atoms with Gasteiger partial charge in [0.15, 0.2) is 12.4 Å². The Morgan fingerprint density at radius 2 is 2.00 bits per heavy atom. The summed E-state index contributed by atoms with van der Waals surface area (Å²) in [4.78, 5) is 15.2. The van der Waals surface area contributed by atoms with Crippen LogP contribution in [0, 0.1) is 0 Å². The second-order valence-corrected chi connectivity index (χ2v) is 8.24. The summed E-state index contributed by atoms with van der Waals surface area (Å²) in [6.07, 6.45) is -5.52. The zero-order chi connectivity index (χ0) is 22.7. The molecule has 0 saturated carbocycles. The number of ether oxygens (including phenoxy) is 2. The Morgan fingerprint density at radius 3 is 2.61 bits per heavy atom. The number of hydrogen-bond acceptors (Lipinski definition) is 8. The summed E-state index contributed by atoms with van der Waals surface area (Å²) in [7, 11) is 0. The van der Waals surface area contributed by atoms with Crippen molar-refractivity contribution in [3.63, 3.8) is 0 Å². The zero-order valence-electron chi connectivity index (χ0n) is 16.5. The molecule has 1 aliphatic heterocycles. The lowest BCUT2D eigenvalue weighted by molar-refractivity contribution is -0.303. The first-order valence-electron chi connectivity index (χ1n) is 9.52. The van der Waals surface area contributed by atoms with Gasteiger partial charge in [-0.15, -0.1) is 0 Å². The smallest absolute Gasteiger partial charge is 0.335 e. The van der Waals surface area contributed by atoms with Crippen molar-refractivity contribution in [1.29, 1.82) is 0 Å². The van der Waals surface area contributed by atoms with Gasteiger partial charge in [0.25, 0.3) is 0 Å². The Balaban J connectivity index is 1.75. The summed E-state index contributed by atoms with van der Waals surface area (Å²) in [5.41, 5.74) is 0.793. The molecule has 3 rings (SSSR count). The van der Waals surface area contributed by atoms with E-state index in [-0.39, 0.29) is 5.92 Å². The molecule has 1 aromatic carbocycles. The number of halogens is 2. The van der Waals surface area contributed by atoms with E-state index in [2.05, 4.69) is 10.1 Å². The number of aliphatic hydroxyl groups excluding tert-OH is 3. The second kappa shape index (κ2) is 10.2. The Kier molecular flexibility index (Phi) is 7.87. The van der Waals surface area contributed by atoms with Crippen LogP contribution >= 0.6 is 23.2 Å². The highest BCUT2D eigenvalue weighted by Crippen LogP contribution is 2.33. The topological polar surface area (TPSA) is 147 Å². The molecule has 7 atom stereocenters. The molecule has 2 unspecified atom stereocenters. The maximum absolute atomic E-state index is 11.3. The number of aromatic nitrogens is 3. The van der Waals surface area contributed by atoms with Gasteiger partial charge in [-0.25, -0.2) is 9.78 Å². The molecule has 12 heteroatoms. The van der Waals surface area contributed by atoms with Gasteiger partial charge in [0.2, 0.25) is 0 Å². The quantitative estimate of drug-likeness (QED) is 0.439. The molecule has 1 aliphatic rings. The van der Waals surface area contributed by atoms with Gasteiger partial charge in [-0.3, -0.25) is 4.68 Å². The van der Waals surface area contributed by atoms with Crippen molar-refractivity contribution in [2.45, 2.75) is 62.6 Å². The van der Waals surface area contributed by atoms with E-state index in [9.17, 15) is 25.2 Å². The molecule has 0 bridgehead atoms. The SMILES string of the molecule is CC(CC(Cn1cncn1)c1ccc(Cl)cc1Cl)O[C@@H]1O[C@H](C(=O)O)[C@@H](O)[C@H](O)[C@H]1O. The lowest BCUT2D eigenvalue weighted by Gasteiger charge is -2.39. The number of carbonyl (C=O) groups is 1. The van der Waals surface area contributed by atoms with Gasteiger partial charge in [-0.1, -0.05) is 29.3 Å². The maximum atomic E-state index is 11.3. The van der Waals surface area contributed by atoms with Crippen molar-refractivity contribution in [3.05, 3.63) is 46.5 Å². The number of rotatable bonds is 8. The summed E-state index contributed by atoms with van der Waals surface area (Å²) in [5, 5.41) is 44.2. The highest BCUT2D eigenvalue weighted by atomic mass is 35.5. The standard InChI is InChI=1S/C19H23Cl2N3O7/c1-9(30-19-16(27)14(25)15(26)17(31-19)18(28)29)4-10(6-24-8-22-7-23-24)12-3-2-11(20)5-13(12)21/h2-3,5,7-10,14-17,19,25-27H,4,6H2,1H3,(H,28,29)/t9?,10?,14-,15-,16+,17-,19+/m0/s1. The van der Waals surface area contributed by atoms with E-state index < -0.39 is 42.8 Å². The van der Waals surface area contributed by atoms with Crippen molar-refractivity contribution < 1.29 is 34.7 Å². The number of carboxylic acids is 1. The van der Waals surface area contributed by atoms with E-state index in [0.29, 0.717) is 23.0 Å². The van der Waals surface area contributed by atoms with Crippen LogP contribution in [0.5, 0.6) is 0 Å². The van der Waals surface area contributed by atoms with Crippen LogP contribution in [0.4, 0.5) is 0 Å². The van der Waals surface area contributed by atoms with Crippen molar-refractivity contribution in [3.8, 4) is 0 Å². The van der Waals surface area contributed by atoms with Crippen LogP contribution in [0.2, 0.25) is 10.0 Å². The Morgan fingerprint density at radius 1 is 1.26 bits per heavy atom. The molecule has 31 heavy (non-hydrogen) atoms. The van der Waals surface area contributed by atoms with Crippen LogP contribution < -0.4 is 0 Å². The lowest BCUT2D eigenvalue weighted by Crippen LogP contribution is -2.60. The van der Waals surface area contributed by atoms with Crippen LogP contribution in [-0.2, 0) is 20.8 Å². The zero-order valence-corrected chi connectivity index (χ0v) is 18.0. The molecule has 10 nitrogen and oxygen atoms in total. The third kappa shape index (κ3) is 5.72. The van der Waals surface area contributed by atoms with Crippen LogP contribution in [-0.4, -0.2) is 78.0 Å². The van der Waals surface area contributed by atoms with Crippen molar-refractivity contribution in [1.82, 2.24) is 14.8 Å². The first-order valence-corrected chi connectivity index (χ1v) is 10.3. The van der Waals surface area contributed by atoms with E-state index in [4.69, 9.17) is 32.7 Å². The minimum atomic E-state index is -1.78. The van der Waals surface area contributed by atoms with Gasteiger partial charge in [0.05, 0.1) is 6.10 Å². The Labute approximate surface area is 187 Å². The molecular weight excluding hydrogens is 453 g/mol. The van der Waals surface area contributed by atoms with E-state index in [1.54, 1.807) is 36.1 Å². The number of aliphatic carboxylic acids is 1. The molecule has 0 aliphatic carbocycles. The largest absolute Gasteiger partial charge is 0.479 e. The van der Waals surface area contributed by atoms with Crippen LogP contribution in [0.3, 0.4) is 0 Å². The molecule has 4 N–H and O–H groups in total. The summed E-state index contributed by atoms with van der Waals surface area (Å²) in [6, 6.07) is 5.14. The molecule has 2 aromatic rings. The molecule has 0 amide bonds. The number of benzene rings is 1. The number of nitrogens with zero attached hydrogens (tertiary/aromatic N) is 3.